The van der Waals surface area contributed by atoms with E-state index in [1.807, 2.05) is 6.07 Å². The molecule has 0 bridgehead atoms. The lowest BCUT2D eigenvalue weighted by atomic mass is 10.0. The van der Waals surface area contributed by atoms with Crippen LogP contribution >= 0.6 is 0 Å². The van der Waals surface area contributed by atoms with E-state index in [0.29, 0.717) is 23.7 Å². The van der Waals surface area contributed by atoms with Crippen molar-refractivity contribution in [2.75, 3.05) is 25.6 Å². The predicted octanol–water partition coefficient (Wildman–Crippen LogP) is 2.76. The van der Waals surface area contributed by atoms with Crippen LogP contribution in [0, 0.1) is 11.7 Å². The number of nitrogens with zero attached hydrogens (tertiary/aromatic N) is 1. The third-order valence-electron chi connectivity index (χ3n) is 3.64. The molecule has 5 heteroatoms. The summed E-state index contributed by atoms with van der Waals surface area (Å²) in [7, 11) is 0. The summed E-state index contributed by atoms with van der Waals surface area (Å²) in [5, 5.41) is 0.718. The molecule has 0 amide bonds. The predicted molar refractivity (Wildman–Crippen MR) is 75.2 cm³/mol. The Morgan fingerprint density at radius 1 is 1.40 bits per heavy atom. The fraction of sp³-hybridized carbons (Fsp3) is 0.400. The normalized spacial score (nSPS) is 16.4. The van der Waals surface area contributed by atoms with Gasteiger partial charge in [-0.25, -0.2) is 4.39 Å². The van der Waals surface area contributed by atoms with Crippen LogP contribution in [0.15, 0.2) is 24.4 Å². The van der Waals surface area contributed by atoms with E-state index in [9.17, 15) is 4.39 Å². The zero-order valence-corrected chi connectivity index (χ0v) is 11.1. The standard InChI is InChI=1S/C15H17FN2O2/c16-12-8-13(17)11-2-1-5-18-14(11)15(12)20-9-10-3-6-19-7-4-10/h1-2,5,8,10H,3-4,6-7,9,17H2. The van der Waals surface area contributed by atoms with Crippen molar-refractivity contribution in [3.8, 4) is 5.75 Å². The summed E-state index contributed by atoms with van der Waals surface area (Å²) >= 11 is 0. The zero-order valence-electron chi connectivity index (χ0n) is 11.1. The SMILES string of the molecule is Nc1cc(F)c(OCC2CCOCC2)c2ncccc12. The van der Waals surface area contributed by atoms with Crippen molar-refractivity contribution in [2.24, 2.45) is 5.92 Å². The van der Waals surface area contributed by atoms with Crippen LogP contribution in [0.5, 0.6) is 5.75 Å². The molecular weight excluding hydrogens is 259 g/mol. The largest absolute Gasteiger partial charge is 0.488 e. The highest BCUT2D eigenvalue weighted by Crippen LogP contribution is 2.32. The summed E-state index contributed by atoms with van der Waals surface area (Å²) in [5.41, 5.74) is 6.67. The number of aromatic nitrogens is 1. The Hall–Kier alpha value is -1.88. The van der Waals surface area contributed by atoms with E-state index in [2.05, 4.69) is 4.98 Å². The van der Waals surface area contributed by atoms with Gasteiger partial charge >= 0.3 is 0 Å². The highest BCUT2D eigenvalue weighted by atomic mass is 19.1. The van der Waals surface area contributed by atoms with Crippen LogP contribution in [0.25, 0.3) is 10.9 Å². The number of hydrogen-bond acceptors (Lipinski definition) is 4. The number of rotatable bonds is 3. The Morgan fingerprint density at radius 3 is 3.00 bits per heavy atom. The number of pyridine rings is 1. The molecule has 0 spiro atoms. The molecule has 1 fully saturated rings. The summed E-state index contributed by atoms with van der Waals surface area (Å²) < 4.78 is 25.1. The first kappa shape index (κ1) is 13.1. The van der Waals surface area contributed by atoms with Crippen LogP contribution in [0.1, 0.15) is 12.8 Å². The average Bonchev–Trinajstić information content (AvgIpc) is 2.48. The van der Waals surface area contributed by atoms with Crippen molar-refractivity contribution in [1.29, 1.82) is 0 Å². The summed E-state index contributed by atoms with van der Waals surface area (Å²) in [4.78, 5) is 4.20. The van der Waals surface area contributed by atoms with Gasteiger partial charge in [-0.2, -0.15) is 0 Å². The summed E-state index contributed by atoms with van der Waals surface area (Å²) in [6, 6.07) is 4.89. The minimum absolute atomic E-state index is 0.196. The molecule has 1 aromatic heterocycles. The lowest BCUT2D eigenvalue weighted by molar-refractivity contribution is 0.0494. The highest BCUT2D eigenvalue weighted by molar-refractivity contribution is 5.94. The van der Waals surface area contributed by atoms with Gasteiger partial charge in [-0.1, -0.05) is 0 Å². The fourth-order valence-electron chi connectivity index (χ4n) is 2.46. The van der Waals surface area contributed by atoms with E-state index >= 15 is 0 Å². The number of halogens is 1. The van der Waals surface area contributed by atoms with Crippen LogP contribution in [-0.2, 0) is 4.74 Å². The van der Waals surface area contributed by atoms with Crippen molar-refractivity contribution in [2.45, 2.75) is 12.8 Å². The molecule has 1 aliphatic rings. The monoisotopic (exact) mass is 276 g/mol. The Morgan fingerprint density at radius 2 is 2.20 bits per heavy atom. The number of hydrogen-bond donors (Lipinski definition) is 1. The fourth-order valence-corrected chi connectivity index (χ4v) is 2.46. The molecule has 106 valence electrons. The molecule has 0 radical (unpaired) electrons. The molecule has 0 saturated carbocycles. The van der Waals surface area contributed by atoms with Gasteiger partial charge in [0.2, 0.25) is 0 Å². The van der Waals surface area contributed by atoms with Crippen molar-refractivity contribution >= 4 is 16.6 Å². The van der Waals surface area contributed by atoms with E-state index in [-0.39, 0.29) is 5.75 Å². The first-order chi connectivity index (χ1) is 9.75. The second-order valence-corrected chi connectivity index (χ2v) is 5.04. The number of nitrogen functional groups attached to an aromatic ring is 1. The maximum atomic E-state index is 14.1. The number of anilines is 1. The summed E-state index contributed by atoms with van der Waals surface area (Å²) in [5.74, 6) is 0.140. The third kappa shape index (κ3) is 2.54. The Labute approximate surface area is 116 Å². The topological polar surface area (TPSA) is 57.4 Å². The smallest absolute Gasteiger partial charge is 0.181 e. The maximum absolute atomic E-state index is 14.1. The van der Waals surface area contributed by atoms with Gasteiger partial charge in [-0.15, -0.1) is 0 Å². The Kier molecular flexibility index (Phi) is 3.69. The molecule has 2 heterocycles. The average molecular weight is 276 g/mol. The first-order valence-electron chi connectivity index (χ1n) is 6.79. The summed E-state index contributed by atoms with van der Waals surface area (Å²) in [6.45, 7) is 1.98. The van der Waals surface area contributed by atoms with E-state index < -0.39 is 5.82 Å². The molecule has 1 saturated heterocycles. The number of ether oxygens (including phenoxy) is 2. The molecule has 0 atom stereocenters. The first-order valence-corrected chi connectivity index (χ1v) is 6.79. The van der Waals surface area contributed by atoms with Crippen LogP contribution in [0.2, 0.25) is 0 Å². The van der Waals surface area contributed by atoms with E-state index in [1.165, 1.54) is 6.07 Å². The molecule has 20 heavy (non-hydrogen) atoms. The zero-order chi connectivity index (χ0) is 13.9. The lowest BCUT2D eigenvalue weighted by Gasteiger charge is -2.22. The van der Waals surface area contributed by atoms with Crippen molar-refractivity contribution < 1.29 is 13.9 Å². The van der Waals surface area contributed by atoms with Gasteiger partial charge in [-0.3, -0.25) is 4.98 Å². The lowest BCUT2D eigenvalue weighted by Crippen LogP contribution is -2.21. The van der Waals surface area contributed by atoms with Crippen LogP contribution in [0.4, 0.5) is 10.1 Å². The Balaban J connectivity index is 1.86. The second-order valence-electron chi connectivity index (χ2n) is 5.04. The van der Waals surface area contributed by atoms with Gasteiger partial charge in [0.05, 0.1) is 6.61 Å². The van der Waals surface area contributed by atoms with E-state index in [1.54, 1.807) is 12.3 Å². The molecule has 0 aliphatic carbocycles. The van der Waals surface area contributed by atoms with Crippen molar-refractivity contribution in [3.05, 3.63) is 30.2 Å². The van der Waals surface area contributed by atoms with Crippen molar-refractivity contribution in [1.82, 2.24) is 4.98 Å². The van der Waals surface area contributed by atoms with Crippen molar-refractivity contribution in [3.63, 3.8) is 0 Å². The number of benzene rings is 1. The quantitative estimate of drug-likeness (QED) is 0.876. The van der Waals surface area contributed by atoms with Gasteiger partial charge in [0.25, 0.3) is 0 Å². The van der Waals surface area contributed by atoms with E-state index in [4.69, 9.17) is 15.2 Å². The molecule has 0 unspecified atom stereocenters. The van der Waals surface area contributed by atoms with Gasteiger partial charge in [0.1, 0.15) is 5.52 Å². The van der Waals surface area contributed by atoms with Crippen LogP contribution < -0.4 is 10.5 Å². The second kappa shape index (κ2) is 5.63. The van der Waals surface area contributed by atoms with Crippen LogP contribution in [0.3, 0.4) is 0 Å². The molecule has 4 nitrogen and oxygen atoms in total. The minimum Gasteiger partial charge on any atom is -0.488 e. The number of fused-ring (bicyclic) bond motifs is 1. The molecule has 2 aromatic rings. The molecule has 1 aromatic carbocycles. The number of nitrogens with two attached hydrogens (primary N) is 1. The van der Waals surface area contributed by atoms with E-state index in [0.717, 1.165) is 31.4 Å². The molecule has 3 rings (SSSR count). The highest BCUT2D eigenvalue weighted by Gasteiger charge is 2.18. The third-order valence-corrected chi connectivity index (χ3v) is 3.64. The summed E-state index contributed by atoms with van der Waals surface area (Å²) in [6.07, 6.45) is 3.51. The van der Waals surface area contributed by atoms with Gasteiger partial charge < -0.3 is 15.2 Å². The minimum atomic E-state index is -0.458. The van der Waals surface area contributed by atoms with Gasteiger partial charge in [-0.05, 0) is 30.9 Å². The Bertz CT molecular complexity index is 612. The molecule has 1 aliphatic heterocycles. The maximum Gasteiger partial charge on any atom is 0.181 e. The van der Waals surface area contributed by atoms with Crippen LogP contribution in [-0.4, -0.2) is 24.8 Å². The van der Waals surface area contributed by atoms with Gasteiger partial charge in [0.15, 0.2) is 11.6 Å². The van der Waals surface area contributed by atoms with Gasteiger partial charge in [0, 0.05) is 36.6 Å². The molecular formula is C15H17FN2O2. The molecule has 2 N–H and O–H groups in total.